The van der Waals surface area contributed by atoms with E-state index >= 15 is 0 Å². The van der Waals surface area contributed by atoms with E-state index in [-0.39, 0.29) is 0 Å². The Kier molecular flexibility index (Phi) is 4.56. The average Bonchev–Trinajstić information content (AvgIpc) is 2.19. The minimum absolute atomic E-state index is 0.673. The highest BCUT2D eigenvalue weighted by Gasteiger charge is 1.98. The Morgan fingerprint density at radius 3 is 2.57 bits per heavy atom. The molecule has 0 unspecified atom stereocenters. The molecule has 14 heavy (non-hydrogen) atoms. The topological polar surface area (TPSA) is 21.3 Å². The van der Waals surface area contributed by atoms with Crippen molar-refractivity contribution in [3.8, 4) is 0 Å². The number of aryl methyl sites for hydroxylation is 1. The zero-order valence-corrected chi connectivity index (χ0v) is 9.36. The smallest absolute Gasteiger partial charge is 0.106 e. The van der Waals surface area contributed by atoms with E-state index in [0.717, 1.165) is 17.1 Å². The molecule has 0 saturated heterocycles. The molecule has 1 rings (SSSR count). The minimum Gasteiger partial charge on any atom is -0.383 e. The van der Waals surface area contributed by atoms with Gasteiger partial charge in [-0.15, -0.1) is 0 Å². The van der Waals surface area contributed by atoms with Crippen molar-refractivity contribution in [2.75, 3.05) is 20.3 Å². The molecule has 1 aromatic rings. The van der Waals surface area contributed by atoms with E-state index in [4.69, 9.17) is 17.0 Å². The van der Waals surface area contributed by atoms with Crippen molar-refractivity contribution in [1.29, 1.82) is 0 Å². The van der Waals surface area contributed by atoms with Crippen molar-refractivity contribution in [3.05, 3.63) is 35.4 Å². The van der Waals surface area contributed by atoms with E-state index in [0.29, 0.717) is 6.61 Å². The lowest BCUT2D eigenvalue weighted by atomic mass is 10.1. The van der Waals surface area contributed by atoms with Crippen molar-refractivity contribution in [3.63, 3.8) is 0 Å². The van der Waals surface area contributed by atoms with Gasteiger partial charge in [0.1, 0.15) is 4.99 Å². The highest BCUT2D eigenvalue weighted by atomic mass is 32.1. The first-order chi connectivity index (χ1) is 6.74. The molecule has 0 heterocycles. The van der Waals surface area contributed by atoms with Crippen molar-refractivity contribution in [2.24, 2.45) is 0 Å². The van der Waals surface area contributed by atoms with E-state index in [1.54, 1.807) is 7.11 Å². The average molecular weight is 209 g/mol. The van der Waals surface area contributed by atoms with Crippen molar-refractivity contribution in [1.82, 2.24) is 5.32 Å². The molecule has 0 atom stereocenters. The zero-order valence-electron chi connectivity index (χ0n) is 8.54. The van der Waals surface area contributed by atoms with Crippen LogP contribution in [0.15, 0.2) is 24.3 Å². The molecule has 0 bridgehead atoms. The highest BCUT2D eigenvalue weighted by molar-refractivity contribution is 7.80. The van der Waals surface area contributed by atoms with Crippen LogP contribution in [0.3, 0.4) is 0 Å². The largest absolute Gasteiger partial charge is 0.383 e. The Balaban J connectivity index is 2.48. The predicted molar refractivity (Wildman–Crippen MR) is 62.8 cm³/mol. The van der Waals surface area contributed by atoms with Crippen molar-refractivity contribution < 1.29 is 4.74 Å². The number of ether oxygens (including phenoxy) is 1. The van der Waals surface area contributed by atoms with Gasteiger partial charge in [0.15, 0.2) is 0 Å². The third-order valence-corrected chi connectivity index (χ3v) is 2.29. The number of nitrogens with one attached hydrogen (secondary N) is 1. The van der Waals surface area contributed by atoms with Gasteiger partial charge in [0, 0.05) is 19.2 Å². The summed E-state index contributed by atoms with van der Waals surface area (Å²) in [5.41, 5.74) is 2.30. The standard InChI is InChI=1S/C11H15NOS/c1-9-3-5-10(6-4-9)11(14)12-7-8-13-2/h3-6H,7-8H2,1-2H3,(H,12,14). The van der Waals surface area contributed by atoms with Gasteiger partial charge in [-0.1, -0.05) is 42.0 Å². The second-order valence-electron chi connectivity index (χ2n) is 3.11. The molecule has 0 radical (unpaired) electrons. The number of hydrogen-bond donors (Lipinski definition) is 1. The molecular weight excluding hydrogens is 194 g/mol. The molecule has 0 aliphatic rings. The van der Waals surface area contributed by atoms with Crippen LogP contribution >= 0.6 is 12.2 Å². The fraction of sp³-hybridized carbons (Fsp3) is 0.364. The summed E-state index contributed by atoms with van der Waals surface area (Å²) < 4.78 is 4.93. The van der Waals surface area contributed by atoms with Crippen LogP contribution in [0.25, 0.3) is 0 Å². The second kappa shape index (κ2) is 5.73. The van der Waals surface area contributed by atoms with Crippen LogP contribution in [0.1, 0.15) is 11.1 Å². The van der Waals surface area contributed by atoms with Crippen LogP contribution in [0, 0.1) is 6.92 Å². The molecular formula is C11H15NOS. The van der Waals surface area contributed by atoms with E-state index in [1.165, 1.54) is 5.56 Å². The molecule has 1 aromatic carbocycles. The first-order valence-corrected chi connectivity index (χ1v) is 4.98. The predicted octanol–water partition coefficient (Wildman–Crippen LogP) is 1.91. The van der Waals surface area contributed by atoms with E-state index < -0.39 is 0 Å². The quantitative estimate of drug-likeness (QED) is 0.604. The zero-order chi connectivity index (χ0) is 10.4. The molecule has 0 spiro atoms. The summed E-state index contributed by atoms with van der Waals surface area (Å²) in [7, 11) is 1.68. The van der Waals surface area contributed by atoms with Crippen molar-refractivity contribution in [2.45, 2.75) is 6.92 Å². The number of methoxy groups -OCH3 is 1. The summed E-state index contributed by atoms with van der Waals surface area (Å²) >= 11 is 5.21. The van der Waals surface area contributed by atoms with Gasteiger partial charge < -0.3 is 10.1 Å². The summed E-state index contributed by atoms with van der Waals surface area (Å²) in [4.78, 5) is 0.780. The molecule has 0 aliphatic heterocycles. The van der Waals surface area contributed by atoms with Gasteiger partial charge in [-0.25, -0.2) is 0 Å². The SMILES string of the molecule is COCCNC(=S)c1ccc(C)cc1. The Hall–Kier alpha value is -0.930. The number of thiocarbonyl (C=S) groups is 1. The third kappa shape index (κ3) is 3.44. The summed E-state index contributed by atoms with van der Waals surface area (Å²) in [5, 5.41) is 3.13. The van der Waals surface area contributed by atoms with Gasteiger partial charge in [0.2, 0.25) is 0 Å². The highest BCUT2D eigenvalue weighted by Crippen LogP contribution is 2.03. The van der Waals surface area contributed by atoms with Gasteiger partial charge in [0.05, 0.1) is 6.61 Å². The maximum absolute atomic E-state index is 5.21. The van der Waals surface area contributed by atoms with Crippen LogP contribution in [0.4, 0.5) is 0 Å². The molecule has 2 nitrogen and oxygen atoms in total. The molecule has 0 aliphatic carbocycles. The van der Waals surface area contributed by atoms with Gasteiger partial charge in [-0.3, -0.25) is 0 Å². The molecule has 3 heteroatoms. The number of benzene rings is 1. The molecule has 0 amide bonds. The Morgan fingerprint density at radius 2 is 2.00 bits per heavy atom. The molecule has 76 valence electrons. The number of hydrogen-bond acceptors (Lipinski definition) is 2. The van der Waals surface area contributed by atoms with Crippen LogP contribution in [0.5, 0.6) is 0 Å². The lowest BCUT2D eigenvalue weighted by Gasteiger charge is -2.07. The first-order valence-electron chi connectivity index (χ1n) is 4.58. The fourth-order valence-corrected chi connectivity index (χ4v) is 1.31. The summed E-state index contributed by atoms with van der Waals surface area (Å²) in [6, 6.07) is 8.16. The Bertz CT molecular complexity index is 295. The number of rotatable bonds is 4. The van der Waals surface area contributed by atoms with Gasteiger partial charge in [0.25, 0.3) is 0 Å². The molecule has 0 saturated carbocycles. The lowest BCUT2D eigenvalue weighted by Crippen LogP contribution is -2.25. The second-order valence-corrected chi connectivity index (χ2v) is 3.52. The van der Waals surface area contributed by atoms with Gasteiger partial charge >= 0.3 is 0 Å². The molecule has 0 aromatic heterocycles. The van der Waals surface area contributed by atoms with E-state index in [2.05, 4.69) is 24.4 Å². The van der Waals surface area contributed by atoms with Crippen LogP contribution < -0.4 is 5.32 Å². The molecule has 1 N–H and O–H groups in total. The van der Waals surface area contributed by atoms with Crippen molar-refractivity contribution >= 4 is 17.2 Å². The van der Waals surface area contributed by atoms with Crippen LogP contribution in [0.2, 0.25) is 0 Å². The summed E-state index contributed by atoms with van der Waals surface area (Å²) in [6.07, 6.45) is 0. The van der Waals surface area contributed by atoms with Crippen LogP contribution in [-0.2, 0) is 4.74 Å². The minimum atomic E-state index is 0.673. The Labute approximate surface area is 90.3 Å². The summed E-state index contributed by atoms with van der Waals surface area (Å²) in [6.45, 7) is 3.49. The maximum Gasteiger partial charge on any atom is 0.106 e. The maximum atomic E-state index is 5.21. The first kappa shape index (κ1) is 11.1. The van der Waals surface area contributed by atoms with E-state index in [9.17, 15) is 0 Å². The summed E-state index contributed by atoms with van der Waals surface area (Å²) in [5.74, 6) is 0. The monoisotopic (exact) mass is 209 g/mol. The van der Waals surface area contributed by atoms with E-state index in [1.807, 2.05) is 12.1 Å². The molecule has 0 fully saturated rings. The third-order valence-electron chi connectivity index (χ3n) is 1.91. The lowest BCUT2D eigenvalue weighted by molar-refractivity contribution is 0.204. The Morgan fingerprint density at radius 1 is 1.36 bits per heavy atom. The fourth-order valence-electron chi connectivity index (χ4n) is 1.07. The normalized spacial score (nSPS) is 9.86. The van der Waals surface area contributed by atoms with Gasteiger partial charge in [-0.05, 0) is 6.92 Å². The van der Waals surface area contributed by atoms with Gasteiger partial charge in [-0.2, -0.15) is 0 Å². The van der Waals surface area contributed by atoms with Crippen LogP contribution in [-0.4, -0.2) is 25.2 Å².